The molecule has 0 amide bonds. The fourth-order valence-electron chi connectivity index (χ4n) is 3.94. The molecule has 1 saturated heterocycles. The zero-order valence-corrected chi connectivity index (χ0v) is 17.6. The number of benzene rings is 1. The molecule has 1 aliphatic rings. The first-order valence-corrected chi connectivity index (χ1v) is 10.2. The molecule has 0 bridgehead atoms. The quantitative estimate of drug-likeness (QED) is 0.651. The van der Waals surface area contributed by atoms with E-state index in [-0.39, 0.29) is 5.56 Å². The molecule has 1 N–H and O–H groups in total. The molecule has 4 rings (SSSR count). The molecule has 2 aromatic heterocycles. The minimum Gasteiger partial charge on any atom is -0.497 e. The number of carboxylic acid groups (broad SMARTS) is 1. The highest BCUT2D eigenvalue weighted by molar-refractivity contribution is 5.96. The molecule has 0 aliphatic carbocycles. The second-order valence-corrected chi connectivity index (χ2v) is 7.54. The standard InChI is InChI=1S/C23H25N3O5/c1-15-19-13-17(16-3-5-18(30-2)6-4-16)14-24-21(19)26(22(27)20(15)23(28)29)8-7-25-9-11-31-12-10-25/h3-6,13-14H,7-12H2,1-2H3,(H,28,29). The Kier molecular flexibility index (Phi) is 6.01. The lowest BCUT2D eigenvalue weighted by molar-refractivity contribution is 0.0364. The molecule has 1 aromatic carbocycles. The van der Waals surface area contributed by atoms with Crippen LogP contribution in [-0.2, 0) is 11.3 Å². The molecule has 8 nitrogen and oxygen atoms in total. The highest BCUT2D eigenvalue weighted by atomic mass is 16.5. The number of methoxy groups -OCH3 is 1. The van der Waals surface area contributed by atoms with Gasteiger partial charge in [0.25, 0.3) is 5.56 Å². The van der Waals surface area contributed by atoms with Crippen molar-refractivity contribution in [1.29, 1.82) is 0 Å². The number of aryl methyl sites for hydroxylation is 1. The van der Waals surface area contributed by atoms with Crippen LogP contribution in [0.25, 0.3) is 22.2 Å². The minimum absolute atomic E-state index is 0.205. The van der Waals surface area contributed by atoms with Crippen LogP contribution in [0.1, 0.15) is 15.9 Å². The predicted molar refractivity (Wildman–Crippen MR) is 117 cm³/mol. The van der Waals surface area contributed by atoms with E-state index >= 15 is 0 Å². The van der Waals surface area contributed by atoms with Gasteiger partial charge in [-0.2, -0.15) is 0 Å². The fraction of sp³-hybridized carbons (Fsp3) is 0.348. The van der Waals surface area contributed by atoms with Crippen LogP contribution in [0, 0.1) is 6.92 Å². The number of hydrogen-bond acceptors (Lipinski definition) is 6. The number of pyridine rings is 2. The molecule has 0 atom stereocenters. The Morgan fingerprint density at radius 3 is 2.52 bits per heavy atom. The van der Waals surface area contributed by atoms with E-state index in [9.17, 15) is 14.7 Å². The predicted octanol–water partition coefficient (Wildman–Crippen LogP) is 2.41. The van der Waals surface area contributed by atoms with Gasteiger partial charge in [0.05, 0.1) is 20.3 Å². The van der Waals surface area contributed by atoms with Gasteiger partial charge < -0.3 is 14.6 Å². The second kappa shape index (κ2) is 8.87. The van der Waals surface area contributed by atoms with Gasteiger partial charge in [0.2, 0.25) is 0 Å². The summed E-state index contributed by atoms with van der Waals surface area (Å²) in [6.45, 7) is 5.56. The average Bonchev–Trinajstić information content (AvgIpc) is 2.79. The Labute approximate surface area is 179 Å². The van der Waals surface area contributed by atoms with Gasteiger partial charge in [0.15, 0.2) is 0 Å². The molecule has 162 valence electrons. The lowest BCUT2D eigenvalue weighted by Crippen LogP contribution is -2.40. The van der Waals surface area contributed by atoms with Gasteiger partial charge in [-0.3, -0.25) is 14.3 Å². The summed E-state index contributed by atoms with van der Waals surface area (Å²) in [4.78, 5) is 31.7. The molecule has 8 heteroatoms. The van der Waals surface area contributed by atoms with Crippen molar-refractivity contribution in [3.05, 3.63) is 58.0 Å². The Morgan fingerprint density at radius 1 is 1.16 bits per heavy atom. The van der Waals surface area contributed by atoms with Gasteiger partial charge >= 0.3 is 5.97 Å². The highest BCUT2D eigenvalue weighted by Crippen LogP contribution is 2.27. The van der Waals surface area contributed by atoms with Crippen molar-refractivity contribution in [1.82, 2.24) is 14.5 Å². The number of aromatic carboxylic acids is 1. The Hall–Kier alpha value is -3.23. The first-order chi connectivity index (χ1) is 15.0. The summed E-state index contributed by atoms with van der Waals surface area (Å²) in [6.07, 6.45) is 1.72. The number of carbonyl (C=O) groups is 1. The lowest BCUT2D eigenvalue weighted by Gasteiger charge is -2.27. The van der Waals surface area contributed by atoms with E-state index in [1.165, 1.54) is 4.57 Å². The molecule has 0 saturated carbocycles. The third-order valence-corrected chi connectivity index (χ3v) is 5.74. The normalized spacial score (nSPS) is 14.6. The van der Waals surface area contributed by atoms with Crippen molar-refractivity contribution in [2.45, 2.75) is 13.5 Å². The number of ether oxygens (including phenoxy) is 2. The SMILES string of the molecule is COc1ccc(-c2cnc3c(c2)c(C)c(C(=O)O)c(=O)n3CCN2CCOCC2)cc1. The van der Waals surface area contributed by atoms with Crippen molar-refractivity contribution >= 4 is 17.0 Å². The molecule has 0 unspecified atom stereocenters. The number of nitrogens with zero attached hydrogens (tertiary/aromatic N) is 3. The summed E-state index contributed by atoms with van der Waals surface area (Å²) in [5.41, 5.74) is 1.97. The van der Waals surface area contributed by atoms with Crippen LogP contribution < -0.4 is 10.3 Å². The topological polar surface area (TPSA) is 93.9 Å². The number of hydrogen-bond donors (Lipinski definition) is 1. The van der Waals surface area contributed by atoms with Gasteiger partial charge in [-0.25, -0.2) is 9.78 Å². The van der Waals surface area contributed by atoms with E-state index in [0.29, 0.717) is 42.9 Å². The molecule has 0 spiro atoms. The summed E-state index contributed by atoms with van der Waals surface area (Å²) in [6, 6.07) is 9.46. The molecule has 1 fully saturated rings. The average molecular weight is 423 g/mol. The third kappa shape index (κ3) is 4.17. The zero-order chi connectivity index (χ0) is 22.0. The number of fused-ring (bicyclic) bond motifs is 1. The molecule has 3 aromatic rings. The number of aromatic nitrogens is 2. The molecule has 31 heavy (non-hydrogen) atoms. The van der Waals surface area contributed by atoms with E-state index in [1.807, 2.05) is 30.3 Å². The number of rotatable bonds is 6. The Morgan fingerprint density at radius 2 is 1.87 bits per heavy atom. The summed E-state index contributed by atoms with van der Waals surface area (Å²) in [5, 5.41) is 10.4. The van der Waals surface area contributed by atoms with E-state index in [1.54, 1.807) is 20.2 Å². The van der Waals surface area contributed by atoms with Crippen molar-refractivity contribution in [3.63, 3.8) is 0 Å². The van der Waals surface area contributed by atoms with Crippen molar-refractivity contribution in [2.24, 2.45) is 0 Å². The van der Waals surface area contributed by atoms with Gasteiger partial charge in [0, 0.05) is 43.3 Å². The Bertz CT molecular complexity index is 1160. The maximum atomic E-state index is 13.0. The van der Waals surface area contributed by atoms with Gasteiger partial charge in [0.1, 0.15) is 17.0 Å². The van der Waals surface area contributed by atoms with Crippen LogP contribution >= 0.6 is 0 Å². The largest absolute Gasteiger partial charge is 0.497 e. The van der Waals surface area contributed by atoms with E-state index in [0.717, 1.165) is 30.0 Å². The van der Waals surface area contributed by atoms with Crippen molar-refractivity contribution in [2.75, 3.05) is 40.0 Å². The summed E-state index contributed by atoms with van der Waals surface area (Å²) >= 11 is 0. The van der Waals surface area contributed by atoms with E-state index in [2.05, 4.69) is 9.88 Å². The van der Waals surface area contributed by atoms with Crippen LogP contribution in [0.5, 0.6) is 5.75 Å². The minimum atomic E-state index is -1.22. The number of carboxylic acids is 1. The van der Waals surface area contributed by atoms with Gasteiger partial charge in [-0.05, 0) is 36.2 Å². The molecule has 3 heterocycles. The van der Waals surface area contributed by atoms with Gasteiger partial charge in [-0.15, -0.1) is 0 Å². The summed E-state index contributed by atoms with van der Waals surface area (Å²) < 4.78 is 12.1. The first kappa shape index (κ1) is 21.0. The second-order valence-electron chi connectivity index (χ2n) is 7.54. The summed E-state index contributed by atoms with van der Waals surface area (Å²) in [5.74, 6) is -0.474. The fourth-order valence-corrected chi connectivity index (χ4v) is 3.94. The zero-order valence-electron chi connectivity index (χ0n) is 17.6. The molecule has 1 aliphatic heterocycles. The third-order valence-electron chi connectivity index (χ3n) is 5.74. The van der Waals surface area contributed by atoms with E-state index in [4.69, 9.17) is 9.47 Å². The lowest BCUT2D eigenvalue weighted by atomic mass is 10.0. The van der Waals surface area contributed by atoms with Crippen molar-refractivity contribution < 1.29 is 19.4 Å². The van der Waals surface area contributed by atoms with Crippen LogP contribution in [0.2, 0.25) is 0 Å². The van der Waals surface area contributed by atoms with Crippen LogP contribution in [0.4, 0.5) is 0 Å². The Balaban J connectivity index is 1.80. The summed E-state index contributed by atoms with van der Waals surface area (Å²) in [7, 11) is 1.61. The molecule has 0 radical (unpaired) electrons. The maximum absolute atomic E-state index is 13.0. The first-order valence-electron chi connectivity index (χ1n) is 10.2. The number of morpholine rings is 1. The van der Waals surface area contributed by atoms with Crippen LogP contribution in [-0.4, -0.2) is 65.5 Å². The van der Waals surface area contributed by atoms with E-state index < -0.39 is 11.5 Å². The monoisotopic (exact) mass is 423 g/mol. The molecular weight excluding hydrogens is 398 g/mol. The van der Waals surface area contributed by atoms with Crippen LogP contribution in [0.15, 0.2) is 41.3 Å². The maximum Gasteiger partial charge on any atom is 0.341 e. The van der Waals surface area contributed by atoms with Gasteiger partial charge in [-0.1, -0.05) is 12.1 Å². The van der Waals surface area contributed by atoms with Crippen molar-refractivity contribution in [3.8, 4) is 16.9 Å². The van der Waals surface area contributed by atoms with Crippen LogP contribution in [0.3, 0.4) is 0 Å². The highest BCUT2D eigenvalue weighted by Gasteiger charge is 2.21. The smallest absolute Gasteiger partial charge is 0.341 e. The molecular formula is C23H25N3O5.